The number of aryl methyl sites for hydroxylation is 1. The maximum absolute atomic E-state index is 5.96. The van der Waals surface area contributed by atoms with Gasteiger partial charge in [0, 0.05) is 12.1 Å². The molecule has 0 saturated heterocycles. The molecule has 124 valence electrons. The Morgan fingerprint density at radius 2 is 2.14 bits per heavy atom. The van der Waals surface area contributed by atoms with Gasteiger partial charge < -0.3 is 15.8 Å². The van der Waals surface area contributed by atoms with E-state index in [1.54, 1.807) is 0 Å². The Kier molecular flexibility index (Phi) is 9.89. The van der Waals surface area contributed by atoms with Gasteiger partial charge in [0.1, 0.15) is 5.75 Å². The third-order valence-electron chi connectivity index (χ3n) is 3.12. The molecule has 4 nitrogen and oxygen atoms in total. The van der Waals surface area contributed by atoms with Crippen molar-refractivity contribution in [1.29, 1.82) is 0 Å². The SMILES string of the molecule is C=C(C)CNC(N)=NCc1ccc(C)cc1OC(C)CC.I. The molecule has 1 unspecified atom stereocenters. The predicted molar refractivity (Wildman–Crippen MR) is 105 cm³/mol. The molecule has 1 rings (SSSR count). The van der Waals surface area contributed by atoms with E-state index in [1.807, 2.05) is 13.0 Å². The minimum absolute atomic E-state index is 0. The Labute approximate surface area is 151 Å². The number of nitrogens with zero attached hydrogens (tertiary/aromatic N) is 1. The van der Waals surface area contributed by atoms with E-state index in [4.69, 9.17) is 10.5 Å². The Hall–Kier alpha value is -1.24. The average molecular weight is 417 g/mol. The standard InChI is InChI=1S/C17H27N3O.HI/c1-6-14(5)21-16-9-13(4)7-8-15(16)11-20-17(18)19-10-12(2)3;/h7-9,14H,2,6,10-11H2,1,3-5H3,(H3,18,19,20);1H. The molecule has 22 heavy (non-hydrogen) atoms. The van der Waals surface area contributed by atoms with Crippen LogP contribution in [0.2, 0.25) is 0 Å². The van der Waals surface area contributed by atoms with E-state index in [2.05, 4.69) is 49.8 Å². The highest BCUT2D eigenvalue weighted by Crippen LogP contribution is 2.23. The summed E-state index contributed by atoms with van der Waals surface area (Å²) < 4.78 is 5.96. The summed E-state index contributed by atoms with van der Waals surface area (Å²) in [6.45, 7) is 13.1. The zero-order valence-corrected chi connectivity index (χ0v) is 16.3. The van der Waals surface area contributed by atoms with Gasteiger partial charge in [0.15, 0.2) is 5.96 Å². The van der Waals surface area contributed by atoms with Gasteiger partial charge >= 0.3 is 0 Å². The van der Waals surface area contributed by atoms with Gasteiger partial charge in [-0.05, 0) is 38.8 Å². The first-order valence-electron chi connectivity index (χ1n) is 7.36. The van der Waals surface area contributed by atoms with E-state index < -0.39 is 0 Å². The number of ether oxygens (including phenoxy) is 1. The lowest BCUT2D eigenvalue weighted by molar-refractivity contribution is 0.215. The van der Waals surface area contributed by atoms with Gasteiger partial charge in [-0.1, -0.05) is 31.2 Å². The Morgan fingerprint density at radius 1 is 1.45 bits per heavy atom. The molecule has 0 saturated carbocycles. The van der Waals surface area contributed by atoms with Crippen LogP contribution in [0, 0.1) is 6.92 Å². The first-order chi connectivity index (χ1) is 9.92. The van der Waals surface area contributed by atoms with Crippen LogP contribution in [0.4, 0.5) is 0 Å². The summed E-state index contributed by atoms with van der Waals surface area (Å²) in [4.78, 5) is 4.35. The zero-order chi connectivity index (χ0) is 15.8. The van der Waals surface area contributed by atoms with Crippen LogP contribution in [-0.4, -0.2) is 18.6 Å². The van der Waals surface area contributed by atoms with E-state index in [-0.39, 0.29) is 30.1 Å². The third kappa shape index (κ3) is 7.68. The lowest BCUT2D eigenvalue weighted by atomic mass is 10.1. The summed E-state index contributed by atoms with van der Waals surface area (Å²) in [5.41, 5.74) is 9.07. The van der Waals surface area contributed by atoms with Crippen LogP contribution in [0.3, 0.4) is 0 Å². The average Bonchev–Trinajstić information content (AvgIpc) is 2.44. The number of aliphatic imine (C=N–C) groups is 1. The van der Waals surface area contributed by atoms with Crippen molar-refractivity contribution in [1.82, 2.24) is 5.32 Å². The number of rotatable bonds is 7. The molecule has 1 atom stereocenters. The first kappa shape index (κ1) is 20.8. The molecule has 0 radical (unpaired) electrons. The van der Waals surface area contributed by atoms with Crippen molar-refractivity contribution in [3.05, 3.63) is 41.5 Å². The van der Waals surface area contributed by atoms with Crippen LogP contribution in [-0.2, 0) is 6.54 Å². The van der Waals surface area contributed by atoms with Crippen molar-refractivity contribution in [2.45, 2.75) is 46.8 Å². The molecule has 5 heteroatoms. The van der Waals surface area contributed by atoms with Crippen LogP contribution < -0.4 is 15.8 Å². The highest BCUT2D eigenvalue weighted by molar-refractivity contribution is 14.0. The van der Waals surface area contributed by atoms with Gasteiger partial charge in [0.25, 0.3) is 0 Å². The number of benzene rings is 1. The first-order valence-corrected chi connectivity index (χ1v) is 7.36. The normalized spacial score (nSPS) is 12.3. The molecule has 0 aliphatic carbocycles. The Bertz CT molecular complexity index is 515. The van der Waals surface area contributed by atoms with Gasteiger partial charge in [0.05, 0.1) is 12.6 Å². The molecular formula is C17H28IN3O. The van der Waals surface area contributed by atoms with Gasteiger partial charge in [-0.2, -0.15) is 0 Å². The Balaban J connectivity index is 0.00000441. The number of halogens is 1. The maximum atomic E-state index is 5.96. The molecule has 0 bridgehead atoms. The molecule has 0 fully saturated rings. The minimum atomic E-state index is 0. The molecule has 0 aliphatic rings. The number of guanidine groups is 1. The van der Waals surface area contributed by atoms with Crippen molar-refractivity contribution in [2.75, 3.05) is 6.54 Å². The van der Waals surface area contributed by atoms with Crippen LogP contribution in [0.25, 0.3) is 0 Å². The molecule has 0 heterocycles. The molecule has 1 aromatic rings. The van der Waals surface area contributed by atoms with Crippen molar-refractivity contribution < 1.29 is 4.74 Å². The van der Waals surface area contributed by atoms with E-state index >= 15 is 0 Å². The number of nitrogens with one attached hydrogen (secondary N) is 1. The lowest BCUT2D eigenvalue weighted by Crippen LogP contribution is -2.32. The number of hydrogen-bond acceptors (Lipinski definition) is 2. The van der Waals surface area contributed by atoms with E-state index in [1.165, 1.54) is 5.56 Å². The fourth-order valence-corrected chi connectivity index (χ4v) is 1.67. The summed E-state index contributed by atoms with van der Waals surface area (Å²) in [6, 6.07) is 6.16. The van der Waals surface area contributed by atoms with Crippen LogP contribution in [0.5, 0.6) is 5.75 Å². The summed E-state index contributed by atoms with van der Waals surface area (Å²) in [5.74, 6) is 1.31. The Morgan fingerprint density at radius 3 is 2.73 bits per heavy atom. The smallest absolute Gasteiger partial charge is 0.189 e. The van der Waals surface area contributed by atoms with Gasteiger partial charge in [-0.3, -0.25) is 0 Å². The highest BCUT2D eigenvalue weighted by atomic mass is 127. The van der Waals surface area contributed by atoms with Crippen molar-refractivity contribution >= 4 is 29.9 Å². The monoisotopic (exact) mass is 417 g/mol. The van der Waals surface area contributed by atoms with Crippen LogP contribution in [0.1, 0.15) is 38.3 Å². The maximum Gasteiger partial charge on any atom is 0.189 e. The second-order valence-electron chi connectivity index (χ2n) is 5.46. The minimum Gasteiger partial charge on any atom is -0.490 e. The van der Waals surface area contributed by atoms with E-state index in [0.717, 1.165) is 23.3 Å². The lowest BCUT2D eigenvalue weighted by Gasteiger charge is -2.16. The molecule has 0 amide bonds. The molecule has 0 aliphatic heterocycles. The largest absolute Gasteiger partial charge is 0.490 e. The molecule has 0 spiro atoms. The van der Waals surface area contributed by atoms with Gasteiger partial charge in [-0.25, -0.2) is 4.99 Å². The summed E-state index contributed by atoms with van der Waals surface area (Å²) >= 11 is 0. The second-order valence-corrected chi connectivity index (χ2v) is 5.46. The summed E-state index contributed by atoms with van der Waals surface area (Å²) in [7, 11) is 0. The topological polar surface area (TPSA) is 59.6 Å². The molecular weight excluding hydrogens is 389 g/mol. The fraction of sp³-hybridized carbons (Fsp3) is 0.471. The second kappa shape index (κ2) is 10.5. The molecule has 3 N–H and O–H groups in total. The molecule has 1 aromatic carbocycles. The quantitative estimate of drug-likeness (QED) is 0.307. The van der Waals surface area contributed by atoms with E-state index in [0.29, 0.717) is 19.0 Å². The van der Waals surface area contributed by atoms with Gasteiger partial charge in [-0.15, -0.1) is 24.0 Å². The van der Waals surface area contributed by atoms with E-state index in [9.17, 15) is 0 Å². The third-order valence-corrected chi connectivity index (χ3v) is 3.12. The van der Waals surface area contributed by atoms with Crippen molar-refractivity contribution in [3.8, 4) is 5.75 Å². The summed E-state index contributed by atoms with van der Waals surface area (Å²) in [5, 5.41) is 3.02. The van der Waals surface area contributed by atoms with Crippen molar-refractivity contribution in [2.24, 2.45) is 10.7 Å². The van der Waals surface area contributed by atoms with Crippen LogP contribution in [0.15, 0.2) is 35.3 Å². The number of hydrogen-bond donors (Lipinski definition) is 2. The van der Waals surface area contributed by atoms with Gasteiger partial charge in [0.2, 0.25) is 0 Å². The zero-order valence-electron chi connectivity index (χ0n) is 14.0. The van der Waals surface area contributed by atoms with Crippen molar-refractivity contribution in [3.63, 3.8) is 0 Å². The van der Waals surface area contributed by atoms with Crippen LogP contribution >= 0.6 is 24.0 Å². The fourth-order valence-electron chi connectivity index (χ4n) is 1.67. The molecule has 0 aromatic heterocycles. The summed E-state index contributed by atoms with van der Waals surface area (Å²) in [6.07, 6.45) is 1.16. The predicted octanol–water partition coefficient (Wildman–Crippen LogP) is 3.77. The number of nitrogens with two attached hydrogens (primary N) is 1. The highest BCUT2D eigenvalue weighted by Gasteiger charge is 2.07.